The van der Waals surface area contributed by atoms with Gasteiger partial charge in [0.15, 0.2) is 17.8 Å². The maximum atomic E-state index is 12.1. The number of benzene rings is 1. The molecule has 1 aromatic carbocycles. The zero-order valence-electron chi connectivity index (χ0n) is 16.0. The minimum atomic E-state index is -0.414. The highest BCUT2D eigenvalue weighted by atomic mass is 16.5. The van der Waals surface area contributed by atoms with Gasteiger partial charge in [-0.25, -0.2) is 0 Å². The number of fused-ring (bicyclic) bond motifs is 3. The largest absolute Gasteiger partial charge is 0.507 e. The molecule has 0 saturated heterocycles. The van der Waals surface area contributed by atoms with Crippen molar-refractivity contribution in [2.45, 2.75) is 65.2 Å². The molecule has 4 nitrogen and oxygen atoms in total. The molecule has 0 aromatic heterocycles. The lowest BCUT2D eigenvalue weighted by atomic mass is 9.59. The first-order valence-electron chi connectivity index (χ1n) is 8.98. The predicted octanol–water partition coefficient (Wildman–Crippen LogP) is 4.66. The number of carbonyl (C=O) groups excluding carboxylic acids is 1. The molecule has 2 aliphatic carbocycles. The summed E-state index contributed by atoms with van der Waals surface area (Å²) in [5, 5.41) is 21.8. The van der Waals surface area contributed by atoms with Crippen molar-refractivity contribution in [3.8, 4) is 17.2 Å². The lowest BCUT2D eigenvalue weighted by molar-refractivity contribution is -0.103. The van der Waals surface area contributed by atoms with E-state index < -0.39 is 5.41 Å². The molecule has 0 radical (unpaired) electrons. The first kappa shape index (κ1) is 17.8. The Bertz CT molecular complexity index is 786. The Morgan fingerprint density at radius 2 is 1.76 bits per heavy atom. The van der Waals surface area contributed by atoms with Crippen LogP contribution in [0.4, 0.5) is 0 Å². The zero-order chi connectivity index (χ0) is 18.7. The Labute approximate surface area is 149 Å². The molecule has 136 valence electrons. The molecule has 0 heterocycles. The molecule has 3 rings (SSSR count). The lowest BCUT2D eigenvalue weighted by Crippen LogP contribution is -2.36. The van der Waals surface area contributed by atoms with Gasteiger partial charge in [0.05, 0.1) is 7.11 Å². The molecule has 0 spiro atoms. The van der Waals surface area contributed by atoms with E-state index >= 15 is 0 Å². The van der Waals surface area contributed by atoms with E-state index in [1.54, 1.807) is 0 Å². The maximum Gasteiger partial charge on any atom is 0.165 e. The van der Waals surface area contributed by atoms with Crippen molar-refractivity contribution in [3.05, 3.63) is 22.3 Å². The van der Waals surface area contributed by atoms with Gasteiger partial charge in [0.1, 0.15) is 5.75 Å². The number of hydrogen-bond donors (Lipinski definition) is 2. The van der Waals surface area contributed by atoms with Crippen molar-refractivity contribution in [1.82, 2.24) is 0 Å². The number of hydrogen-bond acceptors (Lipinski definition) is 4. The van der Waals surface area contributed by atoms with E-state index in [2.05, 4.69) is 20.8 Å². The van der Waals surface area contributed by atoms with Crippen molar-refractivity contribution >= 4 is 11.9 Å². The number of methoxy groups -OCH3 is 1. The summed E-state index contributed by atoms with van der Waals surface area (Å²) in [6, 6.07) is 0. The fraction of sp³-hybridized carbons (Fsp3) is 0.571. The average molecular weight is 344 g/mol. The van der Waals surface area contributed by atoms with E-state index in [4.69, 9.17) is 4.74 Å². The lowest BCUT2D eigenvalue weighted by Gasteiger charge is -2.44. The second-order valence-corrected chi connectivity index (χ2v) is 8.52. The molecule has 25 heavy (non-hydrogen) atoms. The third kappa shape index (κ3) is 2.16. The number of ether oxygens (including phenoxy) is 1. The summed E-state index contributed by atoms with van der Waals surface area (Å²) < 4.78 is 5.61. The van der Waals surface area contributed by atoms with Gasteiger partial charge in [-0.1, -0.05) is 41.0 Å². The third-order valence-corrected chi connectivity index (χ3v) is 6.14. The molecule has 1 atom stereocenters. The van der Waals surface area contributed by atoms with Crippen LogP contribution < -0.4 is 4.74 Å². The SMILES string of the molecule is COc1c(O)c(C(C)C)c(O)c2c1[C@@]1(C)CCCC(C)(C)C1=C2C=O. The zero-order valence-corrected chi connectivity index (χ0v) is 16.0. The van der Waals surface area contributed by atoms with Crippen LogP contribution in [-0.4, -0.2) is 23.6 Å². The monoisotopic (exact) mass is 344 g/mol. The maximum absolute atomic E-state index is 12.1. The first-order valence-corrected chi connectivity index (χ1v) is 8.98. The smallest absolute Gasteiger partial charge is 0.165 e. The van der Waals surface area contributed by atoms with Gasteiger partial charge in [0.25, 0.3) is 0 Å². The summed E-state index contributed by atoms with van der Waals surface area (Å²) >= 11 is 0. The normalized spacial score (nSPS) is 24.3. The van der Waals surface area contributed by atoms with Crippen LogP contribution in [0.15, 0.2) is 5.57 Å². The van der Waals surface area contributed by atoms with Crippen molar-refractivity contribution < 1.29 is 19.7 Å². The van der Waals surface area contributed by atoms with Gasteiger partial charge >= 0.3 is 0 Å². The summed E-state index contributed by atoms with van der Waals surface area (Å²) in [5.74, 6) is 0.306. The van der Waals surface area contributed by atoms with Crippen molar-refractivity contribution in [2.75, 3.05) is 7.11 Å². The first-order chi connectivity index (χ1) is 11.6. The molecule has 4 heteroatoms. The van der Waals surface area contributed by atoms with E-state index in [1.165, 1.54) is 7.11 Å². The van der Waals surface area contributed by atoms with Crippen LogP contribution >= 0.6 is 0 Å². The fourth-order valence-corrected chi connectivity index (χ4v) is 5.29. The second kappa shape index (κ2) is 5.52. The Kier molecular flexibility index (Phi) is 3.94. The predicted molar refractivity (Wildman–Crippen MR) is 98.4 cm³/mol. The highest BCUT2D eigenvalue weighted by molar-refractivity contribution is 6.14. The second-order valence-electron chi connectivity index (χ2n) is 8.52. The molecule has 0 unspecified atom stereocenters. The number of rotatable bonds is 3. The molecular weight excluding hydrogens is 316 g/mol. The van der Waals surface area contributed by atoms with Gasteiger partial charge in [-0.3, -0.25) is 4.79 Å². The minimum absolute atomic E-state index is 0.00939. The fourth-order valence-electron chi connectivity index (χ4n) is 5.29. The van der Waals surface area contributed by atoms with E-state index in [-0.39, 0.29) is 22.8 Å². The Balaban J connectivity index is 2.50. The number of aromatic hydroxyl groups is 2. The Morgan fingerprint density at radius 1 is 1.12 bits per heavy atom. The number of carbonyl (C=O) groups is 1. The van der Waals surface area contributed by atoms with Crippen LogP contribution in [-0.2, 0) is 10.2 Å². The quantitative estimate of drug-likeness (QED) is 0.782. The van der Waals surface area contributed by atoms with Crippen LogP contribution in [0.1, 0.15) is 76.5 Å². The number of aldehydes is 1. The summed E-state index contributed by atoms with van der Waals surface area (Å²) in [5.41, 5.74) is 2.83. The van der Waals surface area contributed by atoms with Crippen LogP contribution in [0, 0.1) is 5.41 Å². The van der Waals surface area contributed by atoms with Gasteiger partial charge in [-0.2, -0.15) is 0 Å². The molecule has 2 N–H and O–H groups in total. The van der Waals surface area contributed by atoms with E-state index in [1.807, 2.05) is 13.8 Å². The summed E-state index contributed by atoms with van der Waals surface area (Å²) in [7, 11) is 1.53. The van der Waals surface area contributed by atoms with Crippen molar-refractivity contribution in [1.29, 1.82) is 0 Å². The highest BCUT2D eigenvalue weighted by Crippen LogP contribution is 2.65. The van der Waals surface area contributed by atoms with Crippen molar-refractivity contribution in [2.24, 2.45) is 5.41 Å². The molecule has 1 aromatic rings. The van der Waals surface area contributed by atoms with E-state index in [0.717, 1.165) is 36.7 Å². The van der Waals surface area contributed by atoms with E-state index in [0.29, 0.717) is 22.4 Å². The van der Waals surface area contributed by atoms with Crippen LogP contribution in [0.5, 0.6) is 17.2 Å². The number of allylic oxidation sites excluding steroid dienone is 2. The standard InChI is InChI=1S/C21H28O4/c1-11(2)13-16(23)14-12(10-22)19-20(3,4)8-7-9-21(19,5)15(14)18(25-6)17(13)24/h10-11,23-24H,7-9H2,1-6H3/t21-/m1/s1. The average Bonchev–Trinajstić information content (AvgIpc) is 2.78. The molecule has 0 aliphatic heterocycles. The van der Waals surface area contributed by atoms with Gasteiger partial charge in [-0.15, -0.1) is 0 Å². The third-order valence-electron chi connectivity index (χ3n) is 6.14. The molecule has 1 fully saturated rings. The highest BCUT2D eigenvalue weighted by Gasteiger charge is 2.53. The Morgan fingerprint density at radius 3 is 2.28 bits per heavy atom. The molecular formula is C21H28O4. The van der Waals surface area contributed by atoms with Crippen LogP contribution in [0.25, 0.3) is 5.57 Å². The summed E-state index contributed by atoms with van der Waals surface area (Å²) in [6.07, 6.45) is 3.75. The summed E-state index contributed by atoms with van der Waals surface area (Å²) in [6.45, 7) is 10.2. The molecule has 1 saturated carbocycles. The van der Waals surface area contributed by atoms with Gasteiger partial charge in [-0.05, 0) is 29.7 Å². The minimum Gasteiger partial charge on any atom is -0.507 e. The molecule has 0 amide bonds. The van der Waals surface area contributed by atoms with Crippen molar-refractivity contribution in [3.63, 3.8) is 0 Å². The van der Waals surface area contributed by atoms with Crippen LogP contribution in [0.3, 0.4) is 0 Å². The van der Waals surface area contributed by atoms with Gasteiger partial charge in [0, 0.05) is 27.7 Å². The summed E-state index contributed by atoms with van der Waals surface area (Å²) in [4.78, 5) is 12.1. The Hall–Kier alpha value is -1.97. The number of phenols is 2. The topological polar surface area (TPSA) is 66.8 Å². The molecule has 2 aliphatic rings. The van der Waals surface area contributed by atoms with Gasteiger partial charge < -0.3 is 14.9 Å². The molecule has 0 bridgehead atoms. The van der Waals surface area contributed by atoms with Crippen LogP contribution in [0.2, 0.25) is 0 Å². The number of phenolic OH excluding ortho intramolecular Hbond substituents is 2. The van der Waals surface area contributed by atoms with Gasteiger partial charge in [0.2, 0.25) is 0 Å². The van der Waals surface area contributed by atoms with E-state index in [9.17, 15) is 15.0 Å².